The second kappa shape index (κ2) is 9.45. The number of carbonyl (C=O) groups excluding carboxylic acids is 1. The van der Waals surface area contributed by atoms with Crippen molar-refractivity contribution in [1.29, 1.82) is 0 Å². The van der Waals surface area contributed by atoms with Gasteiger partial charge in [0.1, 0.15) is 11.6 Å². The zero-order valence-electron chi connectivity index (χ0n) is 21.3. The summed E-state index contributed by atoms with van der Waals surface area (Å²) in [5.74, 6) is 1.27. The second-order valence-electron chi connectivity index (χ2n) is 11.1. The molecule has 1 heterocycles. The molecule has 2 aromatic carbocycles. The molecule has 1 aliphatic heterocycles. The van der Waals surface area contributed by atoms with E-state index >= 15 is 0 Å². The fourth-order valence-electron chi connectivity index (χ4n) is 6.49. The van der Waals surface area contributed by atoms with E-state index in [1.807, 2.05) is 23.1 Å². The summed E-state index contributed by atoms with van der Waals surface area (Å²) in [7, 11) is 5.87. The third kappa shape index (κ3) is 4.42. The molecule has 2 saturated carbocycles. The SMILES string of the molecule is COc1ccc(CN2C[C@]3(CC[C@@](c4cccc(F)c4)(N(C)C)CC3)N(CC3CCC3)C2=O)cc1. The molecule has 0 atom stereocenters. The molecule has 2 amide bonds. The molecule has 0 bridgehead atoms. The maximum atomic E-state index is 14.2. The molecular weight excluding hydrogens is 441 g/mol. The van der Waals surface area contributed by atoms with Crippen LogP contribution in [0.4, 0.5) is 9.18 Å². The van der Waals surface area contributed by atoms with Gasteiger partial charge < -0.3 is 14.5 Å². The lowest BCUT2D eigenvalue weighted by Crippen LogP contribution is -2.56. The first-order chi connectivity index (χ1) is 16.8. The standard InChI is InChI=1S/C29H38FN3O2/c1-31(2)29(24-8-5-9-25(30)18-24)16-14-28(15-17-29)21-32(19-23-10-12-26(35-3)13-11-23)27(34)33(28)20-22-6-4-7-22/h5,8-13,18,22H,4,6-7,14-17,19-21H2,1-3H3/t28-,29-. The molecule has 5 rings (SSSR count). The Morgan fingerprint density at radius 1 is 1.06 bits per heavy atom. The van der Waals surface area contributed by atoms with Crippen LogP contribution in [-0.2, 0) is 12.1 Å². The predicted octanol–water partition coefficient (Wildman–Crippen LogP) is 5.64. The first-order valence-electron chi connectivity index (χ1n) is 13.0. The van der Waals surface area contributed by atoms with Gasteiger partial charge in [-0.15, -0.1) is 0 Å². The Bertz CT molecular complexity index is 1040. The zero-order chi connectivity index (χ0) is 24.6. The van der Waals surface area contributed by atoms with E-state index in [-0.39, 0.29) is 22.9 Å². The molecule has 5 nitrogen and oxygen atoms in total. The predicted molar refractivity (Wildman–Crippen MR) is 136 cm³/mol. The first kappa shape index (κ1) is 24.1. The minimum atomic E-state index is -0.206. The number of carbonyl (C=O) groups is 1. The molecule has 0 unspecified atom stereocenters. The first-order valence-corrected chi connectivity index (χ1v) is 13.0. The Hall–Kier alpha value is -2.60. The summed E-state index contributed by atoms with van der Waals surface area (Å²) < 4.78 is 19.5. The number of halogens is 1. The Kier molecular flexibility index (Phi) is 6.51. The van der Waals surface area contributed by atoms with Crippen LogP contribution in [0, 0.1) is 11.7 Å². The highest BCUT2D eigenvalue weighted by Crippen LogP contribution is 2.50. The van der Waals surface area contributed by atoms with Crippen LogP contribution < -0.4 is 4.74 Å². The van der Waals surface area contributed by atoms with Crippen molar-refractivity contribution in [2.24, 2.45) is 5.92 Å². The van der Waals surface area contributed by atoms with Gasteiger partial charge in [-0.25, -0.2) is 9.18 Å². The summed E-state index contributed by atoms with van der Waals surface area (Å²) in [4.78, 5) is 20.3. The van der Waals surface area contributed by atoms with Gasteiger partial charge in [-0.05, 0) is 93.9 Å². The van der Waals surface area contributed by atoms with E-state index in [9.17, 15) is 9.18 Å². The van der Waals surface area contributed by atoms with Crippen molar-refractivity contribution in [2.75, 3.05) is 34.3 Å². The second-order valence-corrected chi connectivity index (χ2v) is 11.1. The maximum absolute atomic E-state index is 14.2. The number of rotatable bonds is 7. The van der Waals surface area contributed by atoms with Crippen molar-refractivity contribution in [2.45, 2.75) is 62.6 Å². The average molecular weight is 480 g/mol. The van der Waals surface area contributed by atoms with Gasteiger partial charge in [-0.1, -0.05) is 30.7 Å². The van der Waals surface area contributed by atoms with Crippen molar-refractivity contribution < 1.29 is 13.9 Å². The monoisotopic (exact) mass is 479 g/mol. The van der Waals surface area contributed by atoms with Crippen LogP contribution in [0.1, 0.15) is 56.1 Å². The molecule has 1 saturated heterocycles. The van der Waals surface area contributed by atoms with Crippen LogP contribution in [0.15, 0.2) is 48.5 Å². The molecule has 3 fully saturated rings. The third-order valence-electron chi connectivity index (χ3n) is 8.98. The minimum absolute atomic E-state index is 0.147. The topological polar surface area (TPSA) is 36.0 Å². The molecule has 0 radical (unpaired) electrons. The summed E-state index contributed by atoms with van der Waals surface area (Å²) in [5.41, 5.74) is 1.81. The number of nitrogens with zero attached hydrogens (tertiary/aromatic N) is 3. The maximum Gasteiger partial charge on any atom is 0.320 e. The highest BCUT2D eigenvalue weighted by molar-refractivity contribution is 5.78. The van der Waals surface area contributed by atoms with Crippen molar-refractivity contribution in [3.63, 3.8) is 0 Å². The van der Waals surface area contributed by atoms with E-state index in [4.69, 9.17) is 4.74 Å². The zero-order valence-corrected chi connectivity index (χ0v) is 21.3. The van der Waals surface area contributed by atoms with E-state index in [2.05, 4.69) is 42.1 Å². The van der Waals surface area contributed by atoms with Gasteiger partial charge in [0, 0.05) is 25.2 Å². The van der Waals surface area contributed by atoms with Crippen LogP contribution in [-0.4, -0.2) is 60.6 Å². The summed E-state index contributed by atoms with van der Waals surface area (Å²) in [6, 6.07) is 15.3. The van der Waals surface area contributed by atoms with E-state index in [0.717, 1.165) is 55.6 Å². The number of amides is 2. The number of hydrogen-bond acceptors (Lipinski definition) is 3. The van der Waals surface area contributed by atoms with Gasteiger partial charge in [0.15, 0.2) is 0 Å². The number of methoxy groups -OCH3 is 1. The van der Waals surface area contributed by atoms with Gasteiger partial charge in [-0.2, -0.15) is 0 Å². The van der Waals surface area contributed by atoms with Crippen LogP contribution in [0.5, 0.6) is 5.75 Å². The Balaban J connectivity index is 1.39. The molecule has 2 aliphatic carbocycles. The molecule has 0 aromatic heterocycles. The van der Waals surface area contributed by atoms with E-state index in [0.29, 0.717) is 12.5 Å². The molecular formula is C29H38FN3O2. The van der Waals surface area contributed by atoms with Crippen LogP contribution in [0.25, 0.3) is 0 Å². The molecule has 3 aliphatic rings. The van der Waals surface area contributed by atoms with Gasteiger partial charge >= 0.3 is 6.03 Å². The smallest absolute Gasteiger partial charge is 0.320 e. The van der Waals surface area contributed by atoms with Crippen molar-refractivity contribution >= 4 is 6.03 Å². The molecule has 1 spiro atoms. The summed E-state index contributed by atoms with van der Waals surface area (Å²) in [5, 5.41) is 0. The van der Waals surface area contributed by atoms with Crippen molar-refractivity contribution in [1.82, 2.24) is 14.7 Å². The minimum Gasteiger partial charge on any atom is -0.497 e. The van der Waals surface area contributed by atoms with E-state index in [1.165, 1.54) is 25.3 Å². The van der Waals surface area contributed by atoms with Crippen LogP contribution in [0.3, 0.4) is 0 Å². The normalized spacial score (nSPS) is 27.1. The fraction of sp³-hybridized carbons (Fsp3) is 0.552. The van der Waals surface area contributed by atoms with Crippen LogP contribution in [0.2, 0.25) is 0 Å². The van der Waals surface area contributed by atoms with Crippen LogP contribution >= 0.6 is 0 Å². The van der Waals surface area contributed by atoms with Gasteiger partial charge in [-0.3, -0.25) is 4.90 Å². The molecule has 35 heavy (non-hydrogen) atoms. The Labute approximate surface area is 208 Å². The van der Waals surface area contributed by atoms with Gasteiger partial charge in [0.2, 0.25) is 0 Å². The summed E-state index contributed by atoms with van der Waals surface area (Å²) in [6.45, 7) is 2.25. The van der Waals surface area contributed by atoms with E-state index in [1.54, 1.807) is 13.2 Å². The Morgan fingerprint density at radius 2 is 1.77 bits per heavy atom. The molecule has 188 valence electrons. The van der Waals surface area contributed by atoms with Crippen molar-refractivity contribution in [3.8, 4) is 5.75 Å². The number of ether oxygens (including phenoxy) is 1. The lowest BCUT2D eigenvalue weighted by Gasteiger charge is -2.51. The van der Waals surface area contributed by atoms with E-state index < -0.39 is 0 Å². The quantitative estimate of drug-likeness (QED) is 0.516. The largest absolute Gasteiger partial charge is 0.497 e. The number of benzene rings is 2. The summed E-state index contributed by atoms with van der Waals surface area (Å²) in [6.07, 6.45) is 7.41. The fourth-order valence-corrected chi connectivity index (χ4v) is 6.49. The van der Waals surface area contributed by atoms with Gasteiger partial charge in [0.05, 0.1) is 12.6 Å². The average Bonchev–Trinajstić information content (AvgIpc) is 3.07. The van der Waals surface area contributed by atoms with Gasteiger partial charge in [0.25, 0.3) is 0 Å². The molecule has 2 aromatic rings. The Morgan fingerprint density at radius 3 is 2.34 bits per heavy atom. The highest BCUT2D eigenvalue weighted by atomic mass is 19.1. The number of hydrogen-bond donors (Lipinski definition) is 0. The number of urea groups is 1. The highest BCUT2D eigenvalue weighted by Gasteiger charge is 2.54. The van der Waals surface area contributed by atoms with Crippen molar-refractivity contribution in [3.05, 3.63) is 65.5 Å². The molecule has 0 N–H and O–H groups in total. The lowest BCUT2D eigenvalue weighted by molar-refractivity contribution is 0.0157. The lowest BCUT2D eigenvalue weighted by atomic mass is 9.68. The summed E-state index contributed by atoms with van der Waals surface area (Å²) >= 11 is 0. The third-order valence-corrected chi connectivity index (χ3v) is 8.98. The molecule has 6 heteroatoms.